The molecule has 4 nitrogen and oxygen atoms in total. The van der Waals surface area contributed by atoms with Crippen LogP contribution < -0.4 is 10.6 Å². The Bertz CT molecular complexity index is 414. The number of aliphatic hydroxyl groups is 1. The standard InChI is InChI=1S/C13H16N2O2/c1-2-8-14-13(17)15-12-7-3-5-11(10-12)6-4-9-16/h2-7,10,16H,1,8-9H2,(H2,14,15,17). The van der Waals surface area contributed by atoms with Crippen LogP contribution in [0.3, 0.4) is 0 Å². The number of carbonyl (C=O) groups is 1. The van der Waals surface area contributed by atoms with Gasteiger partial charge in [-0.1, -0.05) is 30.4 Å². The second-order valence-corrected chi connectivity index (χ2v) is 3.33. The minimum atomic E-state index is -0.270. The zero-order valence-electron chi connectivity index (χ0n) is 9.52. The van der Waals surface area contributed by atoms with Gasteiger partial charge in [-0.05, 0) is 17.7 Å². The molecular weight excluding hydrogens is 216 g/mol. The molecule has 1 aromatic rings. The first-order chi connectivity index (χ1) is 8.26. The third-order valence-corrected chi connectivity index (χ3v) is 1.97. The Morgan fingerprint density at radius 2 is 2.29 bits per heavy atom. The van der Waals surface area contributed by atoms with E-state index in [-0.39, 0.29) is 12.6 Å². The molecule has 0 fully saturated rings. The van der Waals surface area contributed by atoms with E-state index in [1.54, 1.807) is 24.3 Å². The summed E-state index contributed by atoms with van der Waals surface area (Å²) in [6.45, 7) is 3.94. The first kappa shape index (κ1) is 13.0. The summed E-state index contributed by atoms with van der Waals surface area (Å²) in [6.07, 6.45) is 5.03. The van der Waals surface area contributed by atoms with Crippen LogP contribution in [-0.4, -0.2) is 24.3 Å². The van der Waals surface area contributed by atoms with Gasteiger partial charge in [0.05, 0.1) is 6.61 Å². The highest BCUT2D eigenvalue weighted by Crippen LogP contribution is 2.11. The van der Waals surface area contributed by atoms with Crippen LogP contribution in [-0.2, 0) is 0 Å². The monoisotopic (exact) mass is 232 g/mol. The lowest BCUT2D eigenvalue weighted by Crippen LogP contribution is -2.28. The van der Waals surface area contributed by atoms with Crippen LogP contribution in [0, 0.1) is 0 Å². The normalized spacial score (nSPS) is 10.2. The van der Waals surface area contributed by atoms with Crippen LogP contribution in [0.5, 0.6) is 0 Å². The average molecular weight is 232 g/mol. The van der Waals surface area contributed by atoms with Gasteiger partial charge in [0, 0.05) is 12.2 Å². The topological polar surface area (TPSA) is 61.4 Å². The molecule has 1 rings (SSSR count). The fraction of sp³-hybridized carbons (Fsp3) is 0.154. The van der Waals surface area contributed by atoms with E-state index in [0.717, 1.165) is 5.56 Å². The van der Waals surface area contributed by atoms with Crippen LogP contribution in [0.1, 0.15) is 5.56 Å². The number of urea groups is 1. The maximum Gasteiger partial charge on any atom is 0.319 e. The smallest absolute Gasteiger partial charge is 0.319 e. The minimum absolute atomic E-state index is 0.00250. The predicted molar refractivity (Wildman–Crippen MR) is 69.8 cm³/mol. The van der Waals surface area contributed by atoms with Gasteiger partial charge in [0.2, 0.25) is 0 Å². The summed E-state index contributed by atoms with van der Waals surface area (Å²) < 4.78 is 0. The number of rotatable bonds is 5. The van der Waals surface area contributed by atoms with Gasteiger partial charge in [0.1, 0.15) is 0 Å². The molecule has 0 radical (unpaired) electrons. The summed E-state index contributed by atoms with van der Waals surface area (Å²) in [5.41, 5.74) is 1.62. The number of anilines is 1. The van der Waals surface area contributed by atoms with Crippen molar-refractivity contribution in [3.63, 3.8) is 0 Å². The molecule has 2 amide bonds. The number of hydrogen-bond acceptors (Lipinski definition) is 2. The molecule has 0 aromatic heterocycles. The van der Waals surface area contributed by atoms with E-state index >= 15 is 0 Å². The molecule has 0 unspecified atom stereocenters. The van der Waals surface area contributed by atoms with Crippen LogP contribution in [0.4, 0.5) is 10.5 Å². The van der Waals surface area contributed by atoms with Crippen molar-refractivity contribution < 1.29 is 9.90 Å². The van der Waals surface area contributed by atoms with Crippen LogP contribution in [0.15, 0.2) is 43.0 Å². The van der Waals surface area contributed by atoms with Crippen molar-refractivity contribution >= 4 is 17.8 Å². The number of amides is 2. The second kappa shape index (κ2) is 7.24. The predicted octanol–water partition coefficient (Wildman–Crippen LogP) is 2.00. The van der Waals surface area contributed by atoms with Gasteiger partial charge >= 0.3 is 6.03 Å². The van der Waals surface area contributed by atoms with Crippen molar-refractivity contribution in [3.8, 4) is 0 Å². The fourth-order valence-corrected chi connectivity index (χ4v) is 1.25. The summed E-state index contributed by atoms with van der Waals surface area (Å²) in [5, 5.41) is 14.0. The van der Waals surface area contributed by atoms with Crippen LogP contribution >= 0.6 is 0 Å². The molecule has 0 aliphatic carbocycles. The van der Waals surface area contributed by atoms with Gasteiger partial charge in [-0.3, -0.25) is 0 Å². The van der Waals surface area contributed by atoms with Gasteiger partial charge in [-0.15, -0.1) is 6.58 Å². The highest BCUT2D eigenvalue weighted by molar-refractivity contribution is 5.89. The van der Waals surface area contributed by atoms with Crippen molar-refractivity contribution in [2.45, 2.75) is 0 Å². The largest absolute Gasteiger partial charge is 0.392 e. The Labute approximate surface area is 101 Å². The lowest BCUT2D eigenvalue weighted by molar-refractivity contribution is 0.253. The van der Waals surface area contributed by atoms with Crippen LogP contribution in [0.2, 0.25) is 0 Å². The number of nitrogens with one attached hydrogen (secondary N) is 2. The molecule has 0 spiro atoms. The first-order valence-electron chi connectivity index (χ1n) is 5.29. The van der Waals surface area contributed by atoms with Gasteiger partial charge in [-0.25, -0.2) is 4.79 Å². The summed E-state index contributed by atoms with van der Waals surface area (Å²) in [5.74, 6) is 0. The molecule has 0 heterocycles. The Morgan fingerprint density at radius 3 is 3.00 bits per heavy atom. The number of hydrogen-bond donors (Lipinski definition) is 3. The van der Waals surface area contributed by atoms with E-state index in [4.69, 9.17) is 5.11 Å². The zero-order chi connectivity index (χ0) is 12.5. The Balaban J connectivity index is 2.62. The van der Waals surface area contributed by atoms with E-state index in [1.807, 2.05) is 18.2 Å². The molecule has 17 heavy (non-hydrogen) atoms. The summed E-state index contributed by atoms with van der Waals surface area (Å²) in [7, 11) is 0. The number of benzene rings is 1. The average Bonchev–Trinajstić information content (AvgIpc) is 2.34. The van der Waals surface area contributed by atoms with Gasteiger partial charge in [0.25, 0.3) is 0 Å². The first-order valence-corrected chi connectivity index (χ1v) is 5.29. The lowest BCUT2D eigenvalue weighted by atomic mass is 10.2. The summed E-state index contributed by atoms with van der Waals surface area (Å²) >= 11 is 0. The van der Waals surface area contributed by atoms with E-state index in [0.29, 0.717) is 12.2 Å². The maximum absolute atomic E-state index is 11.4. The minimum Gasteiger partial charge on any atom is -0.392 e. The van der Waals surface area contributed by atoms with E-state index in [9.17, 15) is 4.79 Å². The molecule has 0 atom stereocenters. The molecule has 0 aliphatic heterocycles. The van der Waals surface area contributed by atoms with Gasteiger partial charge in [-0.2, -0.15) is 0 Å². The molecule has 1 aromatic carbocycles. The third kappa shape index (κ3) is 4.99. The van der Waals surface area contributed by atoms with E-state index < -0.39 is 0 Å². The molecule has 0 saturated heterocycles. The number of carbonyl (C=O) groups excluding carboxylic acids is 1. The summed E-state index contributed by atoms with van der Waals surface area (Å²) in [4.78, 5) is 11.4. The molecular formula is C13H16N2O2. The molecule has 0 bridgehead atoms. The van der Waals surface area contributed by atoms with Crippen molar-refractivity contribution in [1.29, 1.82) is 0 Å². The fourth-order valence-electron chi connectivity index (χ4n) is 1.25. The second-order valence-electron chi connectivity index (χ2n) is 3.33. The highest BCUT2D eigenvalue weighted by atomic mass is 16.2. The quantitative estimate of drug-likeness (QED) is 0.680. The number of aliphatic hydroxyl groups excluding tert-OH is 1. The lowest BCUT2D eigenvalue weighted by Gasteiger charge is -2.06. The van der Waals surface area contributed by atoms with Crippen molar-refractivity contribution in [2.75, 3.05) is 18.5 Å². The van der Waals surface area contributed by atoms with Gasteiger partial charge in [0.15, 0.2) is 0 Å². The molecule has 90 valence electrons. The Kier molecular flexibility index (Phi) is 5.54. The Hall–Kier alpha value is -2.07. The van der Waals surface area contributed by atoms with Crippen molar-refractivity contribution in [3.05, 3.63) is 48.6 Å². The van der Waals surface area contributed by atoms with Crippen LogP contribution in [0.25, 0.3) is 6.08 Å². The maximum atomic E-state index is 11.4. The summed E-state index contributed by atoms with van der Waals surface area (Å²) in [6, 6.07) is 7.07. The van der Waals surface area contributed by atoms with E-state index in [2.05, 4.69) is 17.2 Å². The third-order valence-electron chi connectivity index (χ3n) is 1.97. The molecule has 4 heteroatoms. The van der Waals surface area contributed by atoms with E-state index in [1.165, 1.54) is 0 Å². The molecule has 3 N–H and O–H groups in total. The molecule has 0 saturated carbocycles. The van der Waals surface area contributed by atoms with Crippen molar-refractivity contribution in [2.24, 2.45) is 0 Å². The molecule has 0 aliphatic rings. The Morgan fingerprint density at radius 1 is 1.47 bits per heavy atom. The SMILES string of the molecule is C=CCNC(=O)Nc1cccc(C=CCO)c1. The zero-order valence-corrected chi connectivity index (χ0v) is 9.52. The highest BCUT2D eigenvalue weighted by Gasteiger charge is 1.99. The van der Waals surface area contributed by atoms with Gasteiger partial charge < -0.3 is 15.7 Å². The van der Waals surface area contributed by atoms with Crippen molar-refractivity contribution in [1.82, 2.24) is 5.32 Å².